The summed E-state index contributed by atoms with van der Waals surface area (Å²) in [5, 5.41) is 0.962. The molecule has 2 rings (SSSR count). The van der Waals surface area contributed by atoms with Crippen molar-refractivity contribution in [3.8, 4) is 17.2 Å². The highest BCUT2D eigenvalue weighted by Crippen LogP contribution is 2.32. The lowest BCUT2D eigenvalue weighted by molar-refractivity contribution is -0.162. The average Bonchev–Trinajstić information content (AvgIpc) is 2.50. The number of benzene rings is 2. The number of halogens is 2. The summed E-state index contributed by atoms with van der Waals surface area (Å²) in [5.74, 6) is 1.21. The van der Waals surface area contributed by atoms with E-state index in [1.165, 1.54) is 0 Å². The van der Waals surface area contributed by atoms with E-state index in [0.717, 1.165) is 0 Å². The molecule has 0 saturated heterocycles. The van der Waals surface area contributed by atoms with E-state index in [1.807, 2.05) is 20.8 Å². The normalized spacial score (nSPS) is 12.4. The molecule has 0 fully saturated rings. The number of hydrogen-bond donors (Lipinski definition) is 0. The van der Waals surface area contributed by atoms with Crippen LogP contribution in [0.15, 0.2) is 42.5 Å². The zero-order chi connectivity index (χ0) is 18.6. The lowest BCUT2D eigenvalue weighted by atomic mass is 10.2. The first-order valence-electron chi connectivity index (χ1n) is 7.76. The molecule has 0 heterocycles. The van der Waals surface area contributed by atoms with Crippen LogP contribution in [0.25, 0.3) is 0 Å². The molecule has 134 valence electrons. The molecule has 0 amide bonds. The van der Waals surface area contributed by atoms with Crippen molar-refractivity contribution in [1.82, 2.24) is 0 Å². The van der Waals surface area contributed by atoms with Gasteiger partial charge in [-0.25, -0.2) is 4.79 Å². The second kappa shape index (κ2) is 7.98. The molecule has 0 aliphatic carbocycles. The summed E-state index contributed by atoms with van der Waals surface area (Å²) in [5.41, 5.74) is -0.551. The van der Waals surface area contributed by atoms with Gasteiger partial charge < -0.3 is 14.2 Å². The van der Waals surface area contributed by atoms with Crippen molar-refractivity contribution < 1.29 is 19.0 Å². The van der Waals surface area contributed by atoms with Gasteiger partial charge in [0.1, 0.15) is 22.8 Å². The van der Waals surface area contributed by atoms with Gasteiger partial charge in [0.25, 0.3) is 0 Å². The van der Waals surface area contributed by atoms with E-state index in [9.17, 15) is 4.79 Å². The van der Waals surface area contributed by atoms with Gasteiger partial charge >= 0.3 is 5.97 Å². The van der Waals surface area contributed by atoms with Crippen molar-refractivity contribution in [3.63, 3.8) is 0 Å². The largest absolute Gasteiger partial charge is 0.479 e. The maximum Gasteiger partial charge on any atom is 0.347 e. The summed E-state index contributed by atoms with van der Waals surface area (Å²) in [6.07, 6.45) is -0.711. The molecule has 1 atom stereocenters. The highest BCUT2D eigenvalue weighted by molar-refractivity contribution is 6.35. The number of hydrogen-bond acceptors (Lipinski definition) is 4. The number of carbonyl (C=O) groups excluding carboxylic acids is 1. The first kappa shape index (κ1) is 19.4. The Morgan fingerprint density at radius 2 is 1.60 bits per heavy atom. The molecule has 0 unspecified atom stereocenters. The van der Waals surface area contributed by atoms with Crippen LogP contribution in [0.4, 0.5) is 0 Å². The molecule has 0 bridgehead atoms. The Balaban J connectivity index is 1.98. The van der Waals surface area contributed by atoms with Gasteiger partial charge in [0, 0.05) is 5.02 Å². The summed E-state index contributed by atoms with van der Waals surface area (Å²) in [6.45, 7) is 7.08. The van der Waals surface area contributed by atoms with Crippen LogP contribution in [0, 0.1) is 0 Å². The van der Waals surface area contributed by atoms with E-state index in [0.29, 0.717) is 27.3 Å². The quantitative estimate of drug-likeness (QED) is 0.604. The molecule has 0 aliphatic rings. The van der Waals surface area contributed by atoms with Crippen LogP contribution in [-0.4, -0.2) is 17.7 Å². The fraction of sp³-hybridized carbons (Fsp3) is 0.316. The fourth-order valence-electron chi connectivity index (χ4n) is 1.91. The van der Waals surface area contributed by atoms with Gasteiger partial charge in [-0.15, -0.1) is 0 Å². The standard InChI is InChI=1S/C19H20Cl2O4/c1-12(18(22)25-19(2,3)4)23-14-6-8-15(9-7-14)24-17-10-5-13(20)11-16(17)21/h5-12H,1-4H3/t12-/m1/s1. The van der Waals surface area contributed by atoms with Gasteiger partial charge in [-0.2, -0.15) is 0 Å². The molecule has 0 radical (unpaired) electrons. The summed E-state index contributed by atoms with van der Waals surface area (Å²) < 4.78 is 16.6. The first-order valence-corrected chi connectivity index (χ1v) is 8.52. The van der Waals surface area contributed by atoms with Crippen molar-refractivity contribution in [3.05, 3.63) is 52.5 Å². The van der Waals surface area contributed by atoms with E-state index < -0.39 is 17.7 Å². The van der Waals surface area contributed by atoms with E-state index in [4.69, 9.17) is 37.4 Å². The van der Waals surface area contributed by atoms with Crippen LogP contribution < -0.4 is 9.47 Å². The number of rotatable bonds is 5. The molecule has 0 aromatic heterocycles. The van der Waals surface area contributed by atoms with Gasteiger partial charge in [0.05, 0.1) is 5.02 Å². The van der Waals surface area contributed by atoms with Gasteiger partial charge in [-0.3, -0.25) is 0 Å². The lowest BCUT2D eigenvalue weighted by Gasteiger charge is -2.22. The second-order valence-electron chi connectivity index (χ2n) is 6.44. The molecule has 0 spiro atoms. The fourth-order valence-corrected chi connectivity index (χ4v) is 2.36. The Bertz CT molecular complexity index is 736. The van der Waals surface area contributed by atoms with E-state index in [-0.39, 0.29) is 0 Å². The zero-order valence-electron chi connectivity index (χ0n) is 14.5. The Hall–Kier alpha value is -1.91. The predicted octanol–water partition coefficient (Wildman–Crippen LogP) is 5.89. The van der Waals surface area contributed by atoms with Crippen LogP contribution in [0.1, 0.15) is 27.7 Å². The van der Waals surface area contributed by atoms with Crippen LogP contribution in [0.5, 0.6) is 17.2 Å². The average molecular weight is 383 g/mol. The molecular weight excluding hydrogens is 363 g/mol. The van der Waals surface area contributed by atoms with Crippen LogP contribution in [-0.2, 0) is 9.53 Å². The smallest absolute Gasteiger partial charge is 0.347 e. The Morgan fingerprint density at radius 3 is 2.16 bits per heavy atom. The van der Waals surface area contributed by atoms with Crippen molar-refractivity contribution in [1.29, 1.82) is 0 Å². The second-order valence-corrected chi connectivity index (χ2v) is 7.29. The highest BCUT2D eigenvalue weighted by Gasteiger charge is 2.23. The minimum atomic E-state index is -0.711. The molecule has 2 aromatic rings. The first-order chi connectivity index (χ1) is 11.6. The van der Waals surface area contributed by atoms with Crippen molar-refractivity contribution in [2.75, 3.05) is 0 Å². The maximum atomic E-state index is 11.9. The van der Waals surface area contributed by atoms with E-state index in [1.54, 1.807) is 49.4 Å². The van der Waals surface area contributed by atoms with Crippen molar-refractivity contribution in [2.45, 2.75) is 39.4 Å². The van der Waals surface area contributed by atoms with E-state index >= 15 is 0 Å². The van der Waals surface area contributed by atoms with Crippen LogP contribution >= 0.6 is 23.2 Å². The SMILES string of the molecule is C[C@@H](Oc1ccc(Oc2ccc(Cl)cc2Cl)cc1)C(=O)OC(C)(C)C. The van der Waals surface area contributed by atoms with Gasteiger partial charge in [-0.05, 0) is 70.2 Å². The summed E-state index contributed by atoms with van der Waals surface area (Å²) in [6, 6.07) is 11.9. The monoisotopic (exact) mass is 382 g/mol. The third-order valence-electron chi connectivity index (χ3n) is 3.00. The highest BCUT2D eigenvalue weighted by atomic mass is 35.5. The van der Waals surface area contributed by atoms with Gasteiger partial charge in [0.2, 0.25) is 0 Å². The third-order valence-corrected chi connectivity index (χ3v) is 3.53. The molecule has 0 N–H and O–H groups in total. The molecule has 0 saturated carbocycles. The number of esters is 1. The van der Waals surface area contributed by atoms with Crippen molar-refractivity contribution in [2.24, 2.45) is 0 Å². The number of ether oxygens (including phenoxy) is 3. The minimum absolute atomic E-state index is 0.416. The predicted molar refractivity (Wildman–Crippen MR) is 98.9 cm³/mol. The molecule has 4 nitrogen and oxygen atoms in total. The molecule has 2 aromatic carbocycles. The van der Waals surface area contributed by atoms with Crippen molar-refractivity contribution >= 4 is 29.2 Å². The van der Waals surface area contributed by atoms with Gasteiger partial charge in [-0.1, -0.05) is 23.2 Å². The molecule has 25 heavy (non-hydrogen) atoms. The maximum absolute atomic E-state index is 11.9. The van der Waals surface area contributed by atoms with Crippen LogP contribution in [0.3, 0.4) is 0 Å². The van der Waals surface area contributed by atoms with Gasteiger partial charge in [0.15, 0.2) is 6.10 Å². The molecule has 6 heteroatoms. The lowest BCUT2D eigenvalue weighted by Crippen LogP contribution is -2.33. The molecular formula is C19H20Cl2O4. The minimum Gasteiger partial charge on any atom is -0.479 e. The molecule has 0 aliphatic heterocycles. The summed E-state index contributed by atoms with van der Waals surface area (Å²) in [7, 11) is 0. The Morgan fingerprint density at radius 1 is 1.00 bits per heavy atom. The van der Waals surface area contributed by atoms with E-state index in [2.05, 4.69) is 0 Å². The van der Waals surface area contributed by atoms with Crippen LogP contribution in [0.2, 0.25) is 10.0 Å². The summed E-state index contributed by atoms with van der Waals surface area (Å²) >= 11 is 11.9. The Labute approximate surface area is 157 Å². The zero-order valence-corrected chi connectivity index (χ0v) is 16.0. The Kier molecular flexibility index (Phi) is 6.20. The topological polar surface area (TPSA) is 44.8 Å². The summed E-state index contributed by atoms with van der Waals surface area (Å²) in [4.78, 5) is 11.9. The third kappa shape index (κ3) is 6.15. The number of carbonyl (C=O) groups is 1.